The summed E-state index contributed by atoms with van der Waals surface area (Å²) in [6.45, 7) is 7.55. The molecular formula is C17H22ClN3O. The number of aryl methyl sites for hydroxylation is 1. The highest BCUT2D eigenvalue weighted by Gasteiger charge is 2.23. The van der Waals surface area contributed by atoms with E-state index in [0.29, 0.717) is 5.92 Å². The monoisotopic (exact) mass is 319 g/mol. The summed E-state index contributed by atoms with van der Waals surface area (Å²) in [5, 5.41) is 4.90. The third kappa shape index (κ3) is 3.28. The molecule has 0 unspecified atom stereocenters. The van der Waals surface area contributed by atoms with E-state index < -0.39 is 0 Å². The SMILES string of the molecule is CC(=O)NC[C@@H]1CCN(Cc2[nH]c3ccc(Cl)cc3c2C)C1. The minimum absolute atomic E-state index is 0.0572. The summed E-state index contributed by atoms with van der Waals surface area (Å²) in [5.41, 5.74) is 3.69. The van der Waals surface area contributed by atoms with Crippen LogP contribution < -0.4 is 5.32 Å². The fraction of sp³-hybridized carbons (Fsp3) is 0.471. The first-order chi connectivity index (χ1) is 10.5. The lowest BCUT2D eigenvalue weighted by atomic mass is 10.1. The summed E-state index contributed by atoms with van der Waals surface area (Å²) in [6.07, 6.45) is 1.14. The van der Waals surface area contributed by atoms with Gasteiger partial charge in [0.1, 0.15) is 0 Å². The van der Waals surface area contributed by atoms with Crippen molar-refractivity contribution in [3.05, 3.63) is 34.5 Å². The Morgan fingerprint density at radius 3 is 3.09 bits per heavy atom. The van der Waals surface area contributed by atoms with Gasteiger partial charge < -0.3 is 10.3 Å². The first-order valence-corrected chi connectivity index (χ1v) is 8.14. The van der Waals surface area contributed by atoms with Gasteiger partial charge in [-0.3, -0.25) is 9.69 Å². The molecule has 1 aromatic heterocycles. The van der Waals surface area contributed by atoms with Crippen molar-refractivity contribution in [2.24, 2.45) is 5.92 Å². The van der Waals surface area contributed by atoms with Gasteiger partial charge in [-0.05, 0) is 49.6 Å². The van der Waals surface area contributed by atoms with Crippen molar-refractivity contribution in [1.82, 2.24) is 15.2 Å². The number of halogens is 1. The molecule has 1 aliphatic heterocycles. The standard InChI is InChI=1S/C17H22ClN3O/c1-11-15-7-14(18)3-4-16(15)20-17(11)10-21-6-5-13(9-21)8-19-12(2)22/h3-4,7,13,20H,5-6,8-10H2,1-2H3,(H,19,22)/t13-/m0/s1. The van der Waals surface area contributed by atoms with E-state index in [-0.39, 0.29) is 5.91 Å². The molecule has 1 aliphatic rings. The van der Waals surface area contributed by atoms with Gasteiger partial charge in [-0.1, -0.05) is 11.6 Å². The zero-order chi connectivity index (χ0) is 15.7. The van der Waals surface area contributed by atoms with Gasteiger partial charge in [0.2, 0.25) is 5.91 Å². The second-order valence-electron chi connectivity index (χ2n) is 6.25. The Morgan fingerprint density at radius 1 is 1.50 bits per heavy atom. The molecule has 2 aromatic rings. The second-order valence-corrected chi connectivity index (χ2v) is 6.68. The van der Waals surface area contributed by atoms with Gasteiger partial charge in [0.05, 0.1) is 0 Å². The summed E-state index contributed by atoms with van der Waals surface area (Å²) in [6, 6.07) is 5.98. The van der Waals surface area contributed by atoms with E-state index in [4.69, 9.17) is 11.6 Å². The van der Waals surface area contributed by atoms with Crippen LogP contribution >= 0.6 is 11.6 Å². The Balaban J connectivity index is 1.67. The van der Waals surface area contributed by atoms with Gasteiger partial charge in [0, 0.05) is 48.2 Å². The van der Waals surface area contributed by atoms with Crippen molar-refractivity contribution in [2.75, 3.05) is 19.6 Å². The Kier molecular flexibility index (Phi) is 4.41. The molecule has 0 spiro atoms. The average Bonchev–Trinajstić information content (AvgIpc) is 3.04. The van der Waals surface area contributed by atoms with Crippen LogP contribution in [-0.4, -0.2) is 35.4 Å². The molecule has 0 saturated carbocycles. The number of nitrogens with zero attached hydrogens (tertiary/aromatic N) is 1. The van der Waals surface area contributed by atoms with Crippen LogP contribution in [0.2, 0.25) is 5.02 Å². The first-order valence-electron chi connectivity index (χ1n) is 7.76. The molecule has 3 rings (SSSR count). The number of nitrogens with one attached hydrogen (secondary N) is 2. The molecule has 0 bridgehead atoms. The van der Waals surface area contributed by atoms with Gasteiger partial charge in [0.15, 0.2) is 0 Å². The highest BCUT2D eigenvalue weighted by molar-refractivity contribution is 6.31. The Hall–Kier alpha value is -1.52. The molecule has 2 N–H and O–H groups in total. The van der Waals surface area contributed by atoms with E-state index in [9.17, 15) is 4.79 Å². The fourth-order valence-corrected chi connectivity index (χ4v) is 3.42. The summed E-state index contributed by atoms with van der Waals surface area (Å²) in [5.74, 6) is 0.616. The van der Waals surface area contributed by atoms with Crippen molar-refractivity contribution in [1.29, 1.82) is 0 Å². The maximum atomic E-state index is 11.0. The van der Waals surface area contributed by atoms with E-state index in [0.717, 1.165) is 43.1 Å². The molecule has 0 aliphatic carbocycles. The Morgan fingerprint density at radius 2 is 2.32 bits per heavy atom. The number of H-pyrrole nitrogens is 1. The normalized spacial score (nSPS) is 19.0. The number of carbonyl (C=O) groups excluding carboxylic acids is 1. The predicted molar refractivity (Wildman–Crippen MR) is 90.1 cm³/mol. The molecule has 1 fully saturated rings. The first kappa shape index (κ1) is 15.4. The molecule has 22 heavy (non-hydrogen) atoms. The lowest BCUT2D eigenvalue weighted by Crippen LogP contribution is -2.29. The van der Waals surface area contributed by atoms with E-state index >= 15 is 0 Å². The molecule has 0 radical (unpaired) electrons. The number of fused-ring (bicyclic) bond motifs is 1. The Bertz CT molecular complexity index is 695. The van der Waals surface area contributed by atoms with E-state index in [1.165, 1.54) is 16.6 Å². The van der Waals surface area contributed by atoms with Gasteiger partial charge in [-0.2, -0.15) is 0 Å². The molecular weight excluding hydrogens is 298 g/mol. The predicted octanol–water partition coefficient (Wildman–Crippen LogP) is 3.09. The maximum absolute atomic E-state index is 11.0. The van der Waals surface area contributed by atoms with Crippen molar-refractivity contribution in [3.8, 4) is 0 Å². The second kappa shape index (κ2) is 6.31. The van der Waals surface area contributed by atoms with Crippen LogP contribution in [0.3, 0.4) is 0 Å². The van der Waals surface area contributed by atoms with Crippen LogP contribution in [0.4, 0.5) is 0 Å². The molecule has 1 atom stereocenters. The number of hydrogen-bond donors (Lipinski definition) is 2. The van der Waals surface area contributed by atoms with Crippen LogP contribution in [0, 0.1) is 12.8 Å². The zero-order valence-electron chi connectivity index (χ0n) is 13.1. The minimum atomic E-state index is 0.0572. The molecule has 2 heterocycles. The van der Waals surface area contributed by atoms with Crippen LogP contribution in [-0.2, 0) is 11.3 Å². The lowest BCUT2D eigenvalue weighted by molar-refractivity contribution is -0.119. The van der Waals surface area contributed by atoms with Gasteiger partial charge in [0.25, 0.3) is 0 Å². The van der Waals surface area contributed by atoms with E-state index in [2.05, 4.69) is 22.1 Å². The van der Waals surface area contributed by atoms with Crippen molar-refractivity contribution >= 4 is 28.4 Å². The summed E-state index contributed by atoms with van der Waals surface area (Å²) >= 11 is 6.09. The average molecular weight is 320 g/mol. The van der Waals surface area contributed by atoms with E-state index in [1.807, 2.05) is 18.2 Å². The number of aromatic amines is 1. The van der Waals surface area contributed by atoms with Crippen molar-refractivity contribution in [2.45, 2.75) is 26.8 Å². The van der Waals surface area contributed by atoms with Crippen molar-refractivity contribution < 1.29 is 4.79 Å². The highest BCUT2D eigenvalue weighted by Crippen LogP contribution is 2.27. The van der Waals surface area contributed by atoms with Gasteiger partial charge in [-0.25, -0.2) is 0 Å². The number of likely N-dealkylation sites (tertiary alicyclic amines) is 1. The van der Waals surface area contributed by atoms with Gasteiger partial charge in [-0.15, -0.1) is 0 Å². The fourth-order valence-electron chi connectivity index (χ4n) is 3.25. The topological polar surface area (TPSA) is 48.1 Å². The largest absolute Gasteiger partial charge is 0.357 e. The van der Waals surface area contributed by atoms with Gasteiger partial charge >= 0.3 is 0 Å². The Labute approximate surface area is 135 Å². The number of rotatable bonds is 4. The molecule has 1 saturated heterocycles. The van der Waals surface area contributed by atoms with E-state index in [1.54, 1.807) is 6.92 Å². The molecule has 1 amide bonds. The van der Waals surface area contributed by atoms with Crippen LogP contribution in [0.1, 0.15) is 24.6 Å². The number of hydrogen-bond acceptors (Lipinski definition) is 2. The number of aromatic nitrogens is 1. The van der Waals surface area contributed by atoms with Crippen LogP contribution in [0.25, 0.3) is 10.9 Å². The van der Waals surface area contributed by atoms with Crippen molar-refractivity contribution in [3.63, 3.8) is 0 Å². The molecule has 118 valence electrons. The number of benzene rings is 1. The minimum Gasteiger partial charge on any atom is -0.357 e. The smallest absolute Gasteiger partial charge is 0.216 e. The number of amides is 1. The quantitative estimate of drug-likeness (QED) is 0.909. The summed E-state index contributed by atoms with van der Waals surface area (Å²) < 4.78 is 0. The molecule has 1 aromatic carbocycles. The molecule has 5 heteroatoms. The van der Waals surface area contributed by atoms with Crippen LogP contribution in [0.5, 0.6) is 0 Å². The summed E-state index contributed by atoms with van der Waals surface area (Å²) in [7, 11) is 0. The maximum Gasteiger partial charge on any atom is 0.216 e. The third-order valence-corrected chi connectivity index (χ3v) is 4.75. The van der Waals surface area contributed by atoms with Crippen LogP contribution in [0.15, 0.2) is 18.2 Å². The molecule has 4 nitrogen and oxygen atoms in total. The zero-order valence-corrected chi connectivity index (χ0v) is 13.8. The summed E-state index contributed by atoms with van der Waals surface area (Å²) in [4.78, 5) is 17.0. The third-order valence-electron chi connectivity index (χ3n) is 4.52. The highest BCUT2D eigenvalue weighted by atomic mass is 35.5. The number of carbonyl (C=O) groups is 1. The lowest BCUT2D eigenvalue weighted by Gasteiger charge is -2.16.